The number of para-hydroxylation sites is 1. The van der Waals surface area contributed by atoms with E-state index in [0.29, 0.717) is 22.6 Å². The molecule has 1 aliphatic carbocycles. The van der Waals surface area contributed by atoms with Crippen LogP contribution in [0.1, 0.15) is 40.6 Å². The van der Waals surface area contributed by atoms with Gasteiger partial charge in [-0.25, -0.2) is 4.79 Å². The molecule has 0 saturated heterocycles. The summed E-state index contributed by atoms with van der Waals surface area (Å²) >= 11 is 0. The number of nitrogens with zero attached hydrogens (tertiary/aromatic N) is 2. The van der Waals surface area contributed by atoms with Crippen LogP contribution < -0.4 is 5.32 Å². The predicted molar refractivity (Wildman–Crippen MR) is 89.2 cm³/mol. The molecule has 0 bridgehead atoms. The first-order valence-electron chi connectivity index (χ1n) is 8.15. The van der Waals surface area contributed by atoms with Crippen molar-refractivity contribution in [1.29, 1.82) is 0 Å². The van der Waals surface area contributed by atoms with E-state index in [9.17, 15) is 14.7 Å². The molecule has 128 valence electrons. The van der Waals surface area contributed by atoms with Gasteiger partial charge in [0.25, 0.3) is 0 Å². The van der Waals surface area contributed by atoms with Gasteiger partial charge in [0.05, 0.1) is 17.8 Å². The number of carbonyl (C=O) groups is 2. The zero-order chi connectivity index (χ0) is 17.4. The second-order valence-electron chi connectivity index (χ2n) is 6.26. The fourth-order valence-electron chi connectivity index (χ4n) is 2.93. The van der Waals surface area contributed by atoms with Gasteiger partial charge in [-0.05, 0) is 18.9 Å². The summed E-state index contributed by atoms with van der Waals surface area (Å²) in [6, 6.07) is 9.01. The van der Waals surface area contributed by atoms with Crippen LogP contribution in [0.15, 0.2) is 41.1 Å². The van der Waals surface area contributed by atoms with E-state index in [4.69, 9.17) is 4.52 Å². The summed E-state index contributed by atoms with van der Waals surface area (Å²) in [6.07, 6.45) is 3.78. The number of benzene rings is 1. The van der Waals surface area contributed by atoms with Gasteiger partial charge in [-0.15, -0.1) is 0 Å². The lowest BCUT2D eigenvalue weighted by Gasteiger charge is -2.05. The summed E-state index contributed by atoms with van der Waals surface area (Å²) in [5.74, 6) is -0.0978. The molecule has 1 saturated carbocycles. The fraction of sp³-hybridized carbons (Fsp3) is 0.278. The molecule has 0 unspecified atom stereocenters. The predicted octanol–water partition coefficient (Wildman–Crippen LogP) is 2.52. The van der Waals surface area contributed by atoms with Gasteiger partial charge in [-0.3, -0.25) is 4.79 Å². The van der Waals surface area contributed by atoms with Crippen LogP contribution in [0.2, 0.25) is 0 Å². The second kappa shape index (κ2) is 6.08. The number of fused-ring (bicyclic) bond motifs is 1. The first kappa shape index (κ1) is 15.4. The highest BCUT2D eigenvalue weighted by Crippen LogP contribution is 2.39. The Morgan fingerprint density at radius 1 is 1.32 bits per heavy atom. The molecule has 7 heteroatoms. The minimum atomic E-state index is -1.01. The van der Waals surface area contributed by atoms with E-state index in [1.54, 1.807) is 22.8 Å². The normalized spacial score (nSPS) is 13.9. The molecular weight excluding hydrogens is 322 g/mol. The van der Waals surface area contributed by atoms with E-state index in [1.807, 2.05) is 12.1 Å². The summed E-state index contributed by atoms with van der Waals surface area (Å²) in [7, 11) is 0. The summed E-state index contributed by atoms with van der Waals surface area (Å²) in [4.78, 5) is 23.6. The standard InChI is InChI=1S/C18H17N3O4/c22-17(19-8-12-7-15(20-25-12)11-5-6-11)10-21-9-14(18(23)24)13-3-1-2-4-16(13)21/h1-4,7,9,11H,5-6,8,10H2,(H,19,22)(H,23,24). The Bertz CT molecular complexity index is 952. The maximum atomic E-state index is 12.2. The van der Waals surface area contributed by atoms with Crippen molar-refractivity contribution >= 4 is 22.8 Å². The zero-order valence-electron chi connectivity index (χ0n) is 13.4. The van der Waals surface area contributed by atoms with Crippen molar-refractivity contribution in [3.8, 4) is 0 Å². The van der Waals surface area contributed by atoms with Crippen molar-refractivity contribution in [1.82, 2.24) is 15.0 Å². The number of amides is 1. The van der Waals surface area contributed by atoms with Crippen LogP contribution in [0, 0.1) is 0 Å². The summed E-state index contributed by atoms with van der Waals surface area (Å²) < 4.78 is 6.87. The van der Waals surface area contributed by atoms with Gasteiger partial charge in [0.15, 0.2) is 5.76 Å². The molecule has 2 heterocycles. The highest BCUT2D eigenvalue weighted by molar-refractivity contribution is 6.03. The van der Waals surface area contributed by atoms with E-state index in [0.717, 1.165) is 18.5 Å². The molecule has 2 aromatic heterocycles. The van der Waals surface area contributed by atoms with Gasteiger partial charge in [0.1, 0.15) is 6.54 Å². The SMILES string of the molecule is O=C(Cn1cc(C(=O)O)c2ccccc21)NCc1cc(C2CC2)no1. The third kappa shape index (κ3) is 3.13. The molecule has 0 aliphatic heterocycles. The van der Waals surface area contributed by atoms with Gasteiger partial charge in [0.2, 0.25) is 5.91 Å². The monoisotopic (exact) mass is 339 g/mol. The maximum Gasteiger partial charge on any atom is 0.337 e. The number of aromatic nitrogens is 2. The van der Waals surface area contributed by atoms with Gasteiger partial charge >= 0.3 is 5.97 Å². The number of rotatable bonds is 6. The lowest BCUT2D eigenvalue weighted by atomic mass is 10.2. The average molecular weight is 339 g/mol. The smallest absolute Gasteiger partial charge is 0.337 e. The number of carboxylic acid groups (broad SMARTS) is 1. The lowest BCUT2D eigenvalue weighted by Crippen LogP contribution is -2.26. The van der Waals surface area contributed by atoms with Crippen LogP contribution in [0.3, 0.4) is 0 Å². The topological polar surface area (TPSA) is 97.4 Å². The molecule has 0 atom stereocenters. The van der Waals surface area contributed by atoms with Crippen molar-refractivity contribution in [2.24, 2.45) is 0 Å². The van der Waals surface area contributed by atoms with Gasteiger partial charge < -0.3 is 19.5 Å². The highest BCUT2D eigenvalue weighted by Gasteiger charge is 2.27. The molecule has 0 radical (unpaired) electrons. The van der Waals surface area contributed by atoms with E-state index < -0.39 is 5.97 Å². The zero-order valence-corrected chi connectivity index (χ0v) is 13.4. The number of carbonyl (C=O) groups excluding carboxylic acids is 1. The van der Waals surface area contributed by atoms with Crippen LogP contribution in [-0.4, -0.2) is 26.7 Å². The van der Waals surface area contributed by atoms with Crippen LogP contribution in [0.25, 0.3) is 10.9 Å². The van der Waals surface area contributed by atoms with Gasteiger partial charge in [-0.2, -0.15) is 0 Å². The molecule has 1 aromatic carbocycles. The summed E-state index contributed by atoms with van der Waals surface area (Å²) in [5.41, 5.74) is 1.85. The molecule has 1 amide bonds. The van der Waals surface area contributed by atoms with Crippen molar-refractivity contribution in [2.45, 2.75) is 31.8 Å². The van der Waals surface area contributed by atoms with Crippen molar-refractivity contribution < 1.29 is 19.2 Å². The Hall–Kier alpha value is -3.09. The largest absolute Gasteiger partial charge is 0.478 e. The Morgan fingerprint density at radius 3 is 2.88 bits per heavy atom. The lowest BCUT2D eigenvalue weighted by molar-refractivity contribution is -0.121. The molecule has 1 fully saturated rings. The number of hydrogen-bond donors (Lipinski definition) is 2. The quantitative estimate of drug-likeness (QED) is 0.719. The number of hydrogen-bond acceptors (Lipinski definition) is 4. The Kier molecular flexibility index (Phi) is 3.76. The first-order chi connectivity index (χ1) is 12.1. The first-order valence-corrected chi connectivity index (χ1v) is 8.15. The molecule has 7 nitrogen and oxygen atoms in total. The molecule has 0 spiro atoms. The van der Waals surface area contributed by atoms with Gasteiger partial charge in [-0.1, -0.05) is 23.4 Å². The Balaban J connectivity index is 1.45. The third-order valence-electron chi connectivity index (χ3n) is 4.37. The van der Waals surface area contributed by atoms with E-state index in [1.165, 1.54) is 6.20 Å². The highest BCUT2D eigenvalue weighted by atomic mass is 16.5. The van der Waals surface area contributed by atoms with Crippen LogP contribution in [0.5, 0.6) is 0 Å². The molecule has 2 N–H and O–H groups in total. The van der Waals surface area contributed by atoms with Crippen LogP contribution >= 0.6 is 0 Å². The molecule has 25 heavy (non-hydrogen) atoms. The Morgan fingerprint density at radius 2 is 2.12 bits per heavy atom. The minimum absolute atomic E-state index is 0.0391. The van der Waals surface area contributed by atoms with E-state index >= 15 is 0 Å². The van der Waals surface area contributed by atoms with Crippen molar-refractivity contribution in [2.75, 3.05) is 0 Å². The molecular formula is C18H17N3O4. The number of nitrogens with one attached hydrogen (secondary N) is 1. The summed E-state index contributed by atoms with van der Waals surface area (Å²) in [6.45, 7) is 0.307. The summed E-state index contributed by atoms with van der Waals surface area (Å²) in [5, 5.41) is 16.7. The van der Waals surface area contributed by atoms with E-state index in [2.05, 4.69) is 10.5 Å². The minimum Gasteiger partial charge on any atom is -0.478 e. The fourth-order valence-corrected chi connectivity index (χ4v) is 2.93. The van der Waals surface area contributed by atoms with Crippen molar-refractivity contribution in [3.63, 3.8) is 0 Å². The molecule has 1 aliphatic rings. The van der Waals surface area contributed by atoms with E-state index in [-0.39, 0.29) is 24.6 Å². The average Bonchev–Trinajstić information content (AvgIpc) is 3.23. The molecule has 3 aromatic rings. The maximum absolute atomic E-state index is 12.2. The third-order valence-corrected chi connectivity index (χ3v) is 4.37. The van der Waals surface area contributed by atoms with Gasteiger partial charge in [0, 0.05) is 29.1 Å². The molecule has 4 rings (SSSR count). The van der Waals surface area contributed by atoms with Crippen LogP contribution in [0.4, 0.5) is 0 Å². The van der Waals surface area contributed by atoms with Crippen LogP contribution in [-0.2, 0) is 17.9 Å². The Labute approximate surface area is 143 Å². The number of carboxylic acids is 1. The second-order valence-corrected chi connectivity index (χ2v) is 6.26. The van der Waals surface area contributed by atoms with Crippen molar-refractivity contribution in [3.05, 3.63) is 53.5 Å². The number of aromatic carboxylic acids is 1.